The maximum Gasteiger partial charge on any atom is 0.176 e. The van der Waals surface area contributed by atoms with Crippen LogP contribution < -0.4 is 0 Å². The molecule has 0 aliphatic rings. The van der Waals surface area contributed by atoms with E-state index in [2.05, 4.69) is 15.9 Å². The van der Waals surface area contributed by atoms with Crippen LogP contribution in [0.4, 0.5) is 8.78 Å². The number of carbonyl (C=O) groups excluding carboxylic acids is 2. The Labute approximate surface area is 142 Å². The molecule has 0 aliphatic carbocycles. The van der Waals surface area contributed by atoms with E-state index in [0.29, 0.717) is 0 Å². The van der Waals surface area contributed by atoms with Crippen molar-refractivity contribution in [1.82, 2.24) is 0 Å². The van der Waals surface area contributed by atoms with Crippen molar-refractivity contribution in [1.29, 1.82) is 0 Å². The fourth-order valence-electron chi connectivity index (χ4n) is 1.82. The first kappa shape index (κ1) is 19.2. The number of benzene rings is 2. The summed E-state index contributed by atoms with van der Waals surface area (Å²) in [4.78, 5) is 21.8. The Morgan fingerprint density at radius 3 is 1.70 bits per heavy atom. The third kappa shape index (κ3) is 5.67. The maximum atomic E-state index is 13.0. The van der Waals surface area contributed by atoms with Gasteiger partial charge in [-0.05, 0) is 56.2 Å². The highest BCUT2D eigenvalue weighted by atomic mass is 79.9. The number of rotatable bonds is 3. The molecular weight excluding hydrogens is 366 g/mol. The first-order chi connectivity index (χ1) is 10.8. The van der Waals surface area contributed by atoms with Gasteiger partial charge < -0.3 is 0 Å². The minimum absolute atomic E-state index is 0.150. The second-order valence-corrected chi connectivity index (χ2v) is 5.64. The maximum absolute atomic E-state index is 13.0. The topological polar surface area (TPSA) is 34.1 Å². The van der Waals surface area contributed by atoms with Crippen molar-refractivity contribution in [3.63, 3.8) is 0 Å². The van der Waals surface area contributed by atoms with Gasteiger partial charge in [-0.15, -0.1) is 0 Å². The Morgan fingerprint density at radius 1 is 0.913 bits per heavy atom. The van der Waals surface area contributed by atoms with Crippen molar-refractivity contribution >= 4 is 27.5 Å². The van der Waals surface area contributed by atoms with Crippen LogP contribution in [0.3, 0.4) is 0 Å². The van der Waals surface area contributed by atoms with Gasteiger partial charge in [0.1, 0.15) is 11.6 Å². The van der Waals surface area contributed by atoms with Crippen molar-refractivity contribution in [3.8, 4) is 0 Å². The van der Waals surface area contributed by atoms with Gasteiger partial charge in [-0.2, -0.15) is 0 Å². The van der Waals surface area contributed by atoms with Crippen LogP contribution >= 0.6 is 15.9 Å². The fraction of sp³-hybridized carbons (Fsp3) is 0.222. The zero-order valence-corrected chi connectivity index (χ0v) is 14.7. The summed E-state index contributed by atoms with van der Waals surface area (Å²) in [7, 11) is 0. The molecule has 23 heavy (non-hydrogen) atoms. The molecule has 5 heteroatoms. The Hall–Kier alpha value is -1.88. The van der Waals surface area contributed by atoms with Gasteiger partial charge in [0.25, 0.3) is 0 Å². The molecule has 0 atom stereocenters. The minimum atomic E-state index is -0.445. The molecule has 0 fully saturated rings. The second-order valence-electron chi connectivity index (χ2n) is 5.08. The van der Waals surface area contributed by atoms with Crippen LogP contribution in [0.5, 0.6) is 0 Å². The van der Waals surface area contributed by atoms with E-state index in [1.54, 1.807) is 26.0 Å². The van der Waals surface area contributed by atoms with Crippen LogP contribution in [0.25, 0.3) is 0 Å². The number of alkyl halides is 1. The Morgan fingerprint density at radius 2 is 1.35 bits per heavy atom. The van der Waals surface area contributed by atoms with Gasteiger partial charge in [-0.1, -0.05) is 28.1 Å². The first-order valence-corrected chi connectivity index (χ1v) is 8.00. The van der Waals surface area contributed by atoms with Gasteiger partial charge in [0, 0.05) is 0 Å². The normalized spacial score (nSPS) is 9.83. The molecular formula is C18H17BrF2O2. The summed E-state index contributed by atoms with van der Waals surface area (Å²) in [5.41, 5.74) is 1.96. The van der Waals surface area contributed by atoms with Crippen molar-refractivity contribution < 1.29 is 18.4 Å². The molecule has 2 nitrogen and oxygen atoms in total. The number of halogens is 3. The summed E-state index contributed by atoms with van der Waals surface area (Å²) in [6.45, 7) is 4.92. The van der Waals surface area contributed by atoms with E-state index < -0.39 is 11.6 Å². The monoisotopic (exact) mass is 382 g/mol. The van der Waals surface area contributed by atoms with Crippen LogP contribution in [-0.4, -0.2) is 16.9 Å². The van der Waals surface area contributed by atoms with Gasteiger partial charge in [0.05, 0.1) is 16.5 Å². The Kier molecular flexibility index (Phi) is 7.23. The van der Waals surface area contributed by atoms with Crippen molar-refractivity contribution in [2.24, 2.45) is 0 Å². The fourth-order valence-corrected chi connectivity index (χ4v) is 2.13. The summed E-state index contributed by atoms with van der Waals surface area (Å²) in [6.07, 6.45) is 0. The minimum Gasteiger partial charge on any atom is -0.294 e. The van der Waals surface area contributed by atoms with Gasteiger partial charge in [-0.25, -0.2) is 8.78 Å². The lowest BCUT2D eigenvalue weighted by atomic mass is 10.1. The standard InChI is InChI=1S/C9H8BrFO.C9H9FO/c1-6-2-3-7(8(11)4-6)9(12)5-10;1-6-3-4-8(7(2)11)9(10)5-6/h2-4H,5H2,1H3;3-5H,1-2H3. The average Bonchev–Trinajstić information content (AvgIpc) is 2.46. The number of hydrogen-bond acceptors (Lipinski definition) is 2. The molecule has 0 saturated carbocycles. The number of aryl methyl sites for hydroxylation is 2. The quantitative estimate of drug-likeness (QED) is 0.549. The predicted molar refractivity (Wildman–Crippen MR) is 90.4 cm³/mol. The summed E-state index contributed by atoms with van der Waals surface area (Å²) < 4.78 is 25.9. The van der Waals surface area contributed by atoms with Crippen LogP contribution in [0, 0.1) is 25.5 Å². The number of hydrogen-bond donors (Lipinski definition) is 0. The van der Waals surface area contributed by atoms with Crippen LogP contribution in [0.15, 0.2) is 36.4 Å². The second kappa shape index (κ2) is 8.67. The van der Waals surface area contributed by atoms with E-state index >= 15 is 0 Å². The molecule has 0 heterocycles. The highest BCUT2D eigenvalue weighted by Crippen LogP contribution is 2.11. The predicted octanol–water partition coefficient (Wildman–Crippen LogP) is 5.05. The molecule has 0 amide bonds. The lowest BCUT2D eigenvalue weighted by Crippen LogP contribution is -2.03. The van der Waals surface area contributed by atoms with E-state index in [1.165, 1.54) is 31.2 Å². The largest absolute Gasteiger partial charge is 0.294 e. The van der Waals surface area contributed by atoms with Crippen molar-refractivity contribution in [2.45, 2.75) is 20.8 Å². The van der Waals surface area contributed by atoms with Gasteiger partial charge in [0.2, 0.25) is 0 Å². The number of carbonyl (C=O) groups is 2. The van der Waals surface area contributed by atoms with E-state index in [-0.39, 0.29) is 28.0 Å². The summed E-state index contributed by atoms with van der Waals surface area (Å²) in [5.74, 6) is -1.34. The van der Waals surface area contributed by atoms with Gasteiger partial charge in [-0.3, -0.25) is 9.59 Å². The van der Waals surface area contributed by atoms with Gasteiger partial charge >= 0.3 is 0 Å². The SMILES string of the molecule is CC(=O)c1ccc(C)cc1F.Cc1ccc(C(=O)CBr)c(F)c1. The lowest BCUT2D eigenvalue weighted by Gasteiger charge is -1.99. The van der Waals surface area contributed by atoms with E-state index in [4.69, 9.17) is 0 Å². The molecule has 0 saturated heterocycles. The van der Waals surface area contributed by atoms with Gasteiger partial charge in [0.15, 0.2) is 11.6 Å². The molecule has 0 aliphatic heterocycles. The Bertz CT molecular complexity index is 727. The highest BCUT2D eigenvalue weighted by Gasteiger charge is 2.09. The summed E-state index contributed by atoms with van der Waals surface area (Å²) in [6, 6.07) is 9.17. The molecule has 0 N–H and O–H groups in total. The molecule has 2 aromatic carbocycles. The summed E-state index contributed by atoms with van der Waals surface area (Å²) >= 11 is 2.99. The van der Waals surface area contributed by atoms with Crippen LogP contribution in [-0.2, 0) is 0 Å². The van der Waals surface area contributed by atoms with Crippen molar-refractivity contribution in [3.05, 3.63) is 70.3 Å². The summed E-state index contributed by atoms with van der Waals surface area (Å²) in [5, 5.41) is 0.160. The molecule has 2 rings (SSSR count). The zero-order valence-electron chi connectivity index (χ0n) is 13.1. The molecule has 0 aromatic heterocycles. The van der Waals surface area contributed by atoms with Crippen molar-refractivity contribution in [2.75, 3.05) is 5.33 Å². The van der Waals surface area contributed by atoms with E-state index in [0.717, 1.165) is 11.1 Å². The number of Topliss-reactive ketones (excluding diaryl/α,β-unsaturated/α-hetero) is 2. The molecule has 0 spiro atoms. The average molecular weight is 383 g/mol. The third-order valence-electron chi connectivity index (χ3n) is 3.05. The molecule has 122 valence electrons. The lowest BCUT2D eigenvalue weighted by molar-refractivity contribution is 0.100. The zero-order chi connectivity index (χ0) is 17.6. The molecule has 0 radical (unpaired) electrons. The number of ketones is 2. The highest BCUT2D eigenvalue weighted by molar-refractivity contribution is 9.09. The Balaban J connectivity index is 0.000000231. The van der Waals surface area contributed by atoms with Crippen LogP contribution in [0.1, 0.15) is 38.8 Å². The van der Waals surface area contributed by atoms with E-state index in [1.807, 2.05) is 0 Å². The van der Waals surface area contributed by atoms with E-state index in [9.17, 15) is 18.4 Å². The van der Waals surface area contributed by atoms with Crippen LogP contribution in [0.2, 0.25) is 0 Å². The smallest absolute Gasteiger partial charge is 0.176 e. The molecule has 0 unspecified atom stereocenters. The molecule has 2 aromatic rings. The third-order valence-corrected chi connectivity index (χ3v) is 3.56. The molecule has 0 bridgehead atoms. The first-order valence-electron chi connectivity index (χ1n) is 6.88.